The highest BCUT2D eigenvalue weighted by Crippen LogP contribution is 2.33. The van der Waals surface area contributed by atoms with Crippen molar-refractivity contribution in [3.8, 4) is 0 Å². The fourth-order valence-corrected chi connectivity index (χ4v) is 5.35. The van der Waals surface area contributed by atoms with E-state index in [4.69, 9.17) is 0 Å². The molecule has 2 unspecified atom stereocenters. The van der Waals surface area contributed by atoms with Crippen LogP contribution in [0.5, 0.6) is 0 Å². The monoisotopic (exact) mass is 424 g/mol. The molecule has 2 aliphatic heterocycles. The average molecular weight is 425 g/mol. The van der Waals surface area contributed by atoms with Crippen molar-refractivity contribution in [3.05, 3.63) is 71.3 Å². The molecule has 2 aromatic rings. The third-order valence-corrected chi connectivity index (χ3v) is 6.83. The zero-order valence-electron chi connectivity index (χ0n) is 16.7. The van der Waals surface area contributed by atoms with Gasteiger partial charge in [0.05, 0.1) is 28.4 Å². The number of amides is 3. The maximum absolute atomic E-state index is 12.8. The summed E-state index contributed by atoms with van der Waals surface area (Å²) >= 11 is 1.32. The van der Waals surface area contributed by atoms with Gasteiger partial charge in [-0.15, -0.1) is 11.8 Å². The van der Waals surface area contributed by atoms with Gasteiger partial charge in [-0.05, 0) is 31.0 Å². The number of carbonyl (C=O) groups is 3. The number of rotatable bonds is 5. The molecule has 2 aromatic carbocycles. The predicted molar refractivity (Wildman–Crippen MR) is 115 cm³/mol. The summed E-state index contributed by atoms with van der Waals surface area (Å²) in [5, 5.41) is 10.1. The summed E-state index contributed by atoms with van der Waals surface area (Å²) in [6.45, 7) is 2.13. The first-order valence-electron chi connectivity index (χ1n) is 10.1. The highest BCUT2D eigenvalue weighted by Gasteiger charge is 2.42. The zero-order valence-corrected chi connectivity index (χ0v) is 17.5. The van der Waals surface area contributed by atoms with Gasteiger partial charge in [0.15, 0.2) is 0 Å². The van der Waals surface area contributed by atoms with E-state index >= 15 is 0 Å². The fraction of sp³-hybridized carbons (Fsp3) is 0.348. The van der Waals surface area contributed by atoms with Gasteiger partial charge in [-0.2, -0.15) is 0 Å². The van der Waals surface area contributed by atoms with Gasteiger partial charge in [0.25, 0.3) is 11.8 Å². The van der Waals surface area contributed by atoms with E-state index < -0.39 is 11.5 Å². The lowest BCUT2D eigenvalue weighted by Crippen LogP contribution is -2.45. The number of carbonyl (C=O) groups excluding carboxylic acids is 3. The van der Waals surface area contributed by atoms with Crippen LogP contribution in [0.15, 0.2) is 54.6 Å². The van der Waals surface area contributed by atoms with Crippen molar-refractivity contribution >= 4 is 29.5 Å². The number of benzene rings is 2. The van der Waals surface area contributed by atoms with Crippen LogP contribution in [0.1, 0.15) is 39.6 Å². The Balaban J connectivity index is 1.45. The smallest absolute Gasteiger partial charge is 0.262 e. The van der Waals surface area contributed by atoms with Crippen molar-refractivity contribution in [3.63, 3.8) is 0 Å². The fourth-order valence-electron chi connectivity index (χ4n) is 4.09. The van der Waals surface area contributed by atoms with Crippen LogP contribution in [-0.4, -0.2) is 62.4 Å². The van der Waals surface area contributed by atoms with E-state index in [9.17, 15) is 19.5 Å². The highest BCUT2D eigenvalue weighted by atomic mass is 32.2. The Labute approximate surface area is 179 Å². The first-order chi connectivity index (χ1) is 14.5. The molecule has 0 aromatic heterocycles. The van der Waals surface area contributed by atoms with E-state index in [-0.39, 0.29) is 36.1 Å². The van der Waals surface area contributed by atoms with Crippen LogP contribution in [0, 0.1) is 0 Å². The summed E-state index contributed by atoms with van der Waals surface area (Å²) in [6, 6.07) is 16.3. The van der Waals surface area contributed by atoms with Crippen LogP contribution in [0.2, 0.25) is 0 Å². The summed E-state index contributed by atoms with van der Waals surface area (Å²) < 4.78 is 0. The van der Waals surface area contributed by atoms with Crippen molar-refractivity contribution < 1.29 is 19.5 Å². The summed E-state index contributed by atoms with van der Waals surface area (Å²) in [4.78, 5) is 41.4. The molecular formula is C23H24N2O4S. The van der Waals surface area contributed by atoms with Crippen molar-refractivity contribution in [1.29, 1.82) is 0 Å². The van der Waals surface area contributed by atoms with Gasteiger partial charge in [0.2, 0.25) is 5.91 Å². The lowest BCUT2D eigenvalue weighted by molar-refractivity contribution is -0.131. The van der Waals surface area contributed by atoms with Crippen LogP contribution in [-0.2, 0) is 11.2 Å². The molecule has 3 atom stereocenters. The van der Waals surface area contributed by atoms with Gasteiger partial charge in [-0.1, -0.05) is 42.5 Å². The van der Waals surface area contributed by atoms with E-state index in [1.807, 2.05) is 37.3 Å². The number of hydrogen-bond donors (Lipinski definition) is 1. The first kappa shape index (κ1) is 20.6. The molecule has 1 saturated heterocycles. The highest BCUT2D eigenvalue weighted by molar-refractivity contribution is 8.00. The summed E-state index contributed by atoms with van der Waals surface area (Å²) in [7, 11) is 0. The molecule has 0 bridgehead atoms. The number of aliphatic hydroxyl groups is 1. The molecule has 1 N–H and O–H groups in total. The maximum atomic E-state index is 12.8. The Bertz CT molecular complexity index is 930. The lowest BCUT2D eigenvalue weighted by atomic mass is 10.1. The molecular weight excluding hydrogens is 400 g/mol. The number of aliphatic hydroxyl groups excluding tert-OH is 1. The van der Waals surface area contributed by atoms with Gasteiger partial charge >= 0.3 is 0 Å². The molecule has 1 fully saturated rings. The Kier molecular flexibility index (Phi) is 5.92. The van der Waals surface area contributed by atoms with Crippen LogP contribution in [0.25, 0.3) is 0 Å². The average Bonchev–Trinajstić information content (AvgIpc) is 2.91. The minimum atomic E-state index is -0.681. The van der Waals surface area contributed by atoms with Gasteiger partial charge < -0.3 is 10.0 Å². The lowest BCUT2D eigenvalue weighted by Gasteiger charge is -2.31. The normalized spacial score (nSPS) is 22.8. The van der Waals surface area contributed by atoms with Gasteiger partial charge in [0.1, 0.15) is 0 Å². The van der Waals surface area contributed by atoms with Crippen molar-refractivity contribution in [2.45, 2.75) is 37.3 Å². The molecule has 0 radical (unpaired) electrons. The third kappa shape index (κ3) is 4.00. The topological polar surface area (TPSA) is 77.9 Å². The molecule has 0 saturated carbocycles. The first-order valence-corrected chi connectivity index (χ1v) is 11.1. The molecule has 2 aliphatic rings. The van der Waals surface area contributed by atoms with Gasteiger partial charge in [-0.25, -0.2) is 0 Å². The Morgan fingerprint density at radius 1 is 1.00 bits per heavy atom. The van der Waals surface area contributed by atoms with E-state index in [1.54, 1.807) is 29.2 Å². The number of hydrogen-bond acceptors (Lipinski definition) is 5. The molecule has 2 heterocycles. The second-order valence-corrected chi connectivity index (χ2v) is 8.93. The molecule has 0 spiro atoms. The van der Waals surface area contributed by atoms with Gasteiger partial charge in [-0.3, -0.25) is 19.3 Å². The number of nitrogens with zero attached hydrogens (tertiary/aromatic N) is 2. The van der Waals surface area contributed by atoms with Crippen molar-refractivity contribution in [2.75, 3.05) is 12.3 Å². The van der Waals surface area contributed by atoms with Crippen LogP contribution >= 0.6 is 11.8 Å². The number of imide groups is 1. The van der Waals surface area contributed by atoms with Crippen molar-refractivity contribution in [1.82, 2.24) is 9.80 Å². The quantitative estimate of drug-likeness (QED) is 0.747. The Morgan fingerprint density at radius 3 is 2.23 bits per heavy atom. The van der Waals surface area contributed by atoms with E-state index in [0.29, 0.717) is 24.0 Å². The van der Waals surface area contributed by atoms with Crippen molar-refractivity contribution in [2.24, 2.45) is 0 Å². The number of thioether (sulfide) groups is 1. The largest absolute Gasteiger partial charge is 0.391 e. The zero-order chi connectivity index (χ0) is 21.3. The molecule has 6 nitrogen and oxygen atoms in total. The number of fused-ring (bicyclic) bond motifs is 1. The summed E-state index contributed by atoms with van der Waals surface area (Å²) in [6.07, 6.45) is 0.256. The predicted octanol–water partition coefficient (Wildman–Crippen LogP) is 2.57. The Morgan fingerprint density at radius 2 is 1.60 bits per heavy atom. The van der Waals surface area contributed by atoms with Crippen LogP contribution in [0.3, 0.4) is 0 Å². The minimum Gasteiger partial charge on any atom is -0.391 e. The van der Waals surface area contributed by atoms with E-state index in [1.165, 1.54) is 16.7 Å². The molecule has 7 heteroatoms. The molecule has 30 heavy (non-hydrogen) atoms. The van der Waals surface area contributed by atoms with E-state index in [0.717, 1.165) is 5.56 Å². The van der Waals surface area contributed by atoms with E-state index in [2.05, 4.69) is 0 Å². The standard InChI is InChI=1S/C23H24N2O4S/c1-15-11-21(25-22(28)18-9-5-6-10-19(18)23(25)29)30-14-20(27)24(15)13-17(26)12-16-7-3-2-4-8-16/h2-10,15,17,21,26H,11-14H2,1H3/t15?,17?,21-/m1/s1. The third-order valence-electron chi connectivity index (χ3n) is 5.63. The molecule has 156 valence electrons. The second-order valence-electron chi connectivity index (χ2n) is 7.77. The SMILES string of the molecule is CC1C[C@H](N2C(=O)c3ccccc3C2=O)SCC(=O)N1CC(O)Cc1ccccc1. The van der Waals surface area contributed by atoms with Crippen LogP contribution in [0.4, 0.5) is 0 Å². The summed E-state index contributed by atoms with van der Waals surface area (Å²) in [5.41, 5.74) is 1.85. The second kappa shape index (κ2) is 8.62. The Hall–Kier alpha value is -2.64. The summed E-state index contributed by atoms with van der Waals surface area (Å²) in [5.74, 6) is -0.519. The molecule has 3 amide bonds. The van der Waals surface area contributed by atoms with Crippen LogP contribution < -0.4 is 0 Å². The van der Waals surface area contributed by atoms with Gasteiger partial charge in [0, 0.05) is 19.0 Å². The maximum Gasteiger partial charge on any atom is 0.262 e. The molecule has 0 aliphatic carbocycles. The molecule has 4 rings (SSSR count). The number of β-amino-alcohol motifs (C(OH)–C–C–N with tert-alkyl or cyclic N) is 1. The minimum absolute atomic E-state index is 0.0845.